The van der Waals surface area contributed by atoms with Crippen LogP contribution >= 0.6 is 0 Å². The van der Waals surface area contributed by atoms with Crippen LogP contribution in [-0.4, -0.2) is 77.2 Å². The maximum absolute atomic E-state index is 12.9. The van der Waals surface area contributed by atoms with Gasteiger partial charge in [0.15, 0.2) is 0 Å². The average Bonchev–Trinajstić information content (AvgIpc) is 2.84. The maximum atomic E-state index is 12.9. The summed E-state index contributed by atoms with van der Waals surface area (Å²) in [5.41, 5.74) is 1.26. The highest BCUT2D eigenvalue weighted by Gasteiger charge is 2.30. The zero-order valence-electron chi connectivity index (χ0n) is 17.8. The Balaban J connectivity index is 1.53. The summed E-state index contributed by atoms with van der Waals surface area (Å²) < 4.78 is 37.6. The zero-order valence-corrected chi connectivity index (χ0v) is 18.7. The molecule has 0 spiro atoms. The maximum Gasteiger partial charge on any atom is 0.293 e. The SMILES string of the molecule is COc1cccc(N2CCN(c3ccc(S(=O)(=O)N4CCOCC4)cc3[N+](=O)[O-])CC2)c1. The van der Waals surface area contributed by atoms with E-state index in [1.807, 2.05) is 29.2 Å². The molecule has 0 aromatic heterocycles. The molecular formula is C21H26N4O6S. The Bertz CT molecular complexity index is 1080. The molecule has 0 unspecified atom stereocenters. The second kappa shape index (κ2) is 9.31. The van der Waals surface area contributed by atoms with E-state index in [1.165, 1.54) is 16.4 Å². The van der Waals surface area contributed by atoms with Gasteiger partial charge in [0.1, 0.15) is 11.4 Å². The molecule has 172 valence electrons. The van der Waals surface area contributed by atoms with Gasteiger partial charge in [-0.15, -0.1) is 0 Å². The van der Waals surface area contributed by atoms with Crippen LogP contribution in [0.1, 0.15) is 0 Å². The van der Waals surface area contributed by atoms with Crippen molar-refractivity contribution in [3.63, 3.8) is 0 Å². The Labute approximate surface area is 187 Å². The minimum Gasteiger partial charge on any atom is -0.497 e. The number of hydrogen-bond donors (Lipinski definition) is 0. The molecule has 32 heavy (non-hydrogen) atoms. The third kappa shape index (κ3) is 4.50. The smallest absolute Gasteiger partial charge is 0.293 e. The van der Waals surface area contributed by atoms with Crippen molar-refractivity contribution in [3.05, 3.63) is 52.6 Å². The van der Waals surface area contributed by atoms with Crippen molar-refractivity contribution in [2.75, 3.05) is 69.4 Å². The highest BCUT2D eigenvalue weighted by Crippen LogP contribution is 2.33. The molecule has 2 fully saturated rings. The molecule has 4 rings (SSSR count). The van der Waals surface area contributed by atoms with Crippen molar-refractivity contribution in [2.24, 2.45) is 0 Å². The van der Waals surface area contributed by atoms with E-state index in [4.69, 9.17) is 9.47 Å². The summed E-state index contributed by atoms with van der Waals surface area (Å²) in [5.74, 6) is 0.776. The van der Waals surface area contributed by atoms with E-state index in [-0.39, 0.29) is 23.7 Å². The molecule has 0 radical (unpaired) electrons. The number of benzene rings is 2. The standard InChI is InChI=1S/C21H26N4O6S/c1-30-18-4-2-3-17(15-18)22-7-9-23(10-8-22)20-6-5-19(16-21(20)25(26)27)32(28,29)24-11-13-31-14-12-24/h2-6,15-16H,7-14H2,1H3. The molecule has 0 saturated carbocycles. The monoisotopic (exact) mass is 462 g/mol. The molecule has 2 aromatic carbocycles. The Morgan fingerprint density at radius 3 is 2.31 bits per heavy atom. The van der Waals surface area contributed by atoms with Gasteiger partial charge in [0.05, 0.1) is 30.1 Å². The van der Waals surface area contributed by atoms with E-state index >= 15 is 0 Å². The lowest BCUT2D eigenvalue weighted by Gasteiger charge is -2.37. The van der Waals surface area contributed by atoms with E-state index < -0.39 is 14.9 Å². The van der Waals surface area contributed by atoms with Crippen LogP contribution in [0, 0.1) is 10.1 Å². The lowest BCUT2D eigenvalue weighted by Crippen LogP contribution is -2.46. The number of hydrogen-bond acceptors (Lipinski definition) is 8. The molecule has 2 aliphatic heterocycles. The number of piperazine rings is 1. The second-order valence-electron chi connectivity index (χ2n) is 7.60. The molecule has 2 saturated heterocycles. The van der Waals surface area contributed by atoms with Gasteiger partial charge < -0.3 is 19.3 Å². The number of nitro groups is 1. The predicted molar refractivity (Wildman–Crippen MR) is 120 cm³/mol. The van der Waals surface area contributed by atoms with Crippen LogP contribution < -0.4 is 14.5 Å². The van der Waals surface area contributed by atoms with Crippen LogP contribution in [0.25, 0.3) is 0 Å². The molecule has 0 bridgehead atoms. The number of ether oxygens (including phenoxy) is 2. The Kier molecular flexibility index (Phi) is 6.49. The summed E-state index contributed by atoms with van der Waals surface area (Å²) in [6, 6.07) is 12.0. The van der Waals surface area contributed by atoms with Crippen molar-refractivity contribution in [3.8, 4) is 5.75 Å². The fourth-order valence-electron chi connectivity index (χ4n) is 4.03. The number of rotatable bonds is 6. The normalized spacial score (nSPS) is 17.9. The fourth-order valence-corrected chi connectivity index (χ4v) is 5.45. The molecule has 0 atom stereocenters. The van der Waals surface area contributed by atoms with Crippen LogP contribution in [0.4, 0.5) is 17.1 Å². The molecule has 0 amide bonds. The van der Waals surface area contributed by atoms with E-state index in [1.54, 1.807) is 13.2 Å². The van der Waals surface area contributed by atoms with Crippen molar-refractivity contribution in [1.29, 1.82) is 0 Å². The topological polar surface area (TPSA) is 105 Å². The van der Waals surface area contributed by atoms with Crippen LogP contribution in [-0.2, 0) is 14.8 Å². The fraction of sp³-hybridized carbons (Fsp3) is 0.429. The van der Waals surface area contributed by atoms with Crippen LogP contribution in [0.15, 0.2) is 47.4 Å². The zero-order chi connectivity index (χ0) is 22.7. The van der Waals surface area contributed by atoms with Gasteiger partial charge in [-0.05, 0) is 24.3 Å². The van der Waals surface area contributed by atoms with Gasteiger partial charge in [-0.2, -0.15) is 4.31 Å². The number of anilines is 2. The van der Waals surface area contributed by atoms with Crippen LogP contribution in [0.5, 0.6) is 5.75 Å². The number of sulfonamides is 1. The van der Waals surface area contributed by atoms with Crippen molar-refractivity contribution in [1.82, 2.24) is 4.31 Å². The lowest BCUT2D eigenvalue weighted by molar-refractivity contribution is -0.384. The van der Waals surface area contributed by atoms with Crippen molar-refractivity contribution >= 4 is 27.1 Å². The summed E-state index contributed by atoms with van der Waals surface area (Å²) in [5, 5.41) is 11.8. The summed E-state index contributed by atoms with van der Waals surface area (Å²) in [7, 11) is -2.18. The molecule has 0 N–H and O–H groups in total. The highest BCUT2D eigenvalue weighted by molar-refractivity contribution is 7.89. The molecule has 2 aromatic rings. The van der Waals surface area contributed by atoms with Gasteiger partial charge in [-0.25, -0.2) is 8.42 Å². The van der Waals surface area contributed by atoms with E-state index in [2.05, 4.69) is 4.90 Å². The number of nitrogens with zero attached hydrogens (tertiary/aromatic N) is 4. The summed E-state index contributed by atoms with van der Waals surface area (Å²) in [4.78, 5) is 15.4. The lowest BCUT2D eigenvalue weighted by atomic mass is 10.2. The summed E-state index contributed by atoms with van der Waals surface area (Å²) in [6.45, 7) is 3.62. The first-order valence-corrected chi connectivity index (χ1v) is 11.8. The third-order valence-corrected chi connectivity index (χ3v) is 7.68. The van der Waals surface area contributed by atoms with Crippen molar-refractivity contribution in [2.45, 2.75) is 4.90 Å². The Morgan fingerprint density at radius 2 is 1.66 bits per heavy atom. The third-order valence-electron chi connectivity index (χ3n) is 5.79. The number of methoxy groups -OCH3 is 1. The molecular weight excluding hydrogens is 436 g/mol. The Hall–Kier alpha value is -2.89. The Morgan fingerprint density at radius 1 is 0.969 bits per heavy atom. The van der Waals surface area contributed by atoms with E-state index in [0.717, 1.165) is 11.4 Å². The number of morpholine rings is 1. The molecule has 2 aliphatic rings. The minimum atomic E-state index is -3.81. The first kappa shape index (κ1) is 22.3. The molecule has 10 nitrogen and oxygen atoms in total. The quantitative estimate of drug-likeness (QED) is 0.474. The van der Waals surface area contributed by atoms with Gasteiger partial charge in [0, 0.05) is 57.1 Å². The van der Waals surface area contributed by atoms with Gasteiger partial charge in [-0.3, -0.25) is 10.1 Å². The molecule has 2 heterocycles. The first-order chi connectivity index (χ1) is 15.4. The van der Waals surface area contributed by atoms with Gasteiger partial charge in [-0.1, -0.05) is 6.07 Å². The second-order valence-corrected chi connectivity index (χ2v) is 9.54. The van der Waals surface area contributed by atoms with Crippen LogP contribution in [0.3, 0.4) is 0 Å². The largest absolute Gasteiger partial charge is 0.497 e. The summed E-state index contributed by atoms with van der Waals surface area (Å²) >= 11 is 0. The molecule has 0 aliphatic carbocycles. The average molecular weight is 463 g/mol. The van der Waals surface area contributed by atoms with Gasteiger partial charge in [0.25, 0.3) is 5.69 Å². The predicted octanol–water partition coefficient (Wildman–Crippen LogP) is 1.95. The van der Waals surface area contributed by atoms with Crippen LogP contribution in [0.2, 0.25) is 0 Å². The first-order valence-electron chi connectivity index (χ1n) is 10.4. The van der Waals surface area contributed by atoms with Gasteiger partial charge in [0.2, 0.25) is 10.0 Å². The minimum absolute atomic E-state index is 0.0649. The highest BCUT2D eigenvalue weighted by atomic mass is 32.2. The van der Waals surface area contributed by atoms with Crippen molar-refractivity contribution < 1.29 is 22.8 Å². The summed E-state index contributed by atoms with van der Waals surface area (Å²) in [6.07, 6.45) is 0. The molecule has 11 heteroatoms. The van der Waals surface area contributed by atoms with E-state index in [9.17, 15) is 18.5 Å². The van der Waals surface area contributed by atoms with E-state index in [0.29, 0.717) is 45.1 Å². The number of nitro benzene ring substituents is 1. The van der Waals surface area contributed by atoms with Gasteiger partial charge >= 0.3 is 0 Å².